The van der Waals surface area contributed by atoms with Crippen molar-refractivity contribution in [2.75, 3.05) is 13.7 Å². The molecule has 5 heteroatoms. The fourth-order valence-corrected chi connectivity index (χ4v) is 4.24. The molecule has 0 fully saturated rings. The quantitative estimate of drug-likeness (QED) is 0.365. The molecule has 140 valence electrons. The summed E-state index contributed by atoms with van der Waals surface area (Å²) in [6.07, 6.45) is 2.05. The standard InChI is InChI=1S/C21H25NO2S.HI/c1-4-21(5-2,22-3)14-24-13-15-10-11-19-17(12-15)20(23)16-8-6-7-9-18(16)25-19;/h6-12,22H,4-5,13-14H2,1-3H3;1H. The summed E-state index contributed by atoms with van der Waals surface area (Å²) in [7, 11) is 1.99. The number of rotatable bonds is 7. The molecule has 0 atom stereocenters. The summed E-state index contributed by atoms with van der Waals surface area (Å²) in [6.45, 7) is 5.54. The largest absolute Gasteiger partial charge is 0.375 e. The normalized spacial score (nSPS) is 11.7. The summed E-state index contributed by atoms with van der Waals surface area (Å²) in [6, 6.07) is 13.9. The molecule has 26 heavy (non-hydrogen) atoms. The van der Waals surface area contributed by atoms with E-state index in [2.05, 4.69) is 25.2 Å². The highest BCUT2D eigenvalue weighted by Gasteiger charge is 2.23. The molecule has 3 rings (SSSR count). The fourth-order valence-electron chi connectivity index (χ4n) is 3.18. The second-order valence-electron chi connectivity index (χ2n) is 6.49. The van der Waals surface area contributed by atoms with E-state index >= 15 is 0 Å². The topological polar surface area (TPSA) is 38.3 Å². The zero-order valence-corrected chi connectivity index (χ0v) is 18.6. The predicted molar refractivity (Wildman–Crippen MR) is 123 cm³/mol. The van der Waals surface area contributed by atoms with Crippen LogP contribution in [0.2, 0.25) is 0 Å². The van der Waals surface area contributed by atoms with Crippen LogP contribution in [0.4, 0.5) is 0 Å². The van der Waals surface area contributed by atoms with Crippen LogP contribution in [0.1, 0.15) is 32.3 Å². The lowest BCUT2D eigenvalue weighted by atomic mass is 9.94. The first-order valence-corrected chi connectivity index (χ1v) is 9.65. The van der Waals surface area contributed by atoms with Gasteiger partial charge in [0.1, 0.15) is 0 Å². The Kier molecular flexibility index (Phi) is 7.58. The van der Waals surface area contributed by atoms with E-state index in [0.717, 1.165) is 38.6 Å². The average molecular weight is 483 g/mol. The van der Waals surface area contributed by atoms with Gasteiger partial charge in [0.15, 0.2) is 5.43 Å². The molecular weight excluding hydrogens is 457 g/mol. The number of ether oxygens (including phenoxy) is 1. The Labute approximate surface area is 175 Å². The minimum Gasteiger partial charge on any atom is -0.375 e. The lowest BCUT2D eigenvalue weighted by Crippen LogP contribution is -2.46. The van der Waals surface area contributed by atoms with Crippen molar-refractivity contribution in [3.8, 4) is 0 Å². The molecular formula is C21H26INO2S. The number of hydrogen-bond donors (Lipinski definition) is 1. The van der Waals surface area contributed by atoms with Crippen LogP contribution in [0.3, 0.4) is 0 Å². The molecule has 0 unspecified atom stereocenters. The predicted octanol–water partition coefficient (Wildman–Crippen LogP) is 5.33. The highest BCUT2D eigenvalue weighted by molar-refractivity contribution is 14.0. The third kappa shape index (κ3) is 4.27. The summed E-state index contributed by atoms with van der Waals surface area (Å²) in [4.78, 5) is 12.8. The molecule has 0 aliphatic heterocycles. The maximum absolute atomic E-state index is 12.8. The first-order valence-electron chi connectivity index (χ1n) is 8.83. The van der Waals surface area contributed by atoms with Crippen LogP contribution in [-0.2, 0) is 11.3 Å². The average Bonchev–Trinajstić information content (AvgIpc) is 2.66. The molecule has 0 bridgehead atoms. The molecule has 0 saturated carbocycles. The van der Waals surface area contributed by atoms with E-state index in [9.17, 15) is 4.79 Å². The maximum atomic E-state index is 12.8. The van der Waals surface area contributed by atoms with Gasteiger partial charge in [0.05, 0.1) is 13.2 Å². The Balaban J connectivity index is 0.00000243. The first-order chi connectivity index (χ1) is 12.1. The van der Waals surface area contributed by atoms with Crippen molar-refractivity contribution >= 4 is 55.5 Å². The van der Waals surface area contributed by atoms with Gasteiger partial charge in [-0.1, -0.05) is 32.0 Å². The highest BCUT2D eigenvalue weighted by atomic mass is 127. The van der Waals surface area contributed by atoms with Gasteiger partial charge >= 0.3 is 0 Å². The number of fused-ring (bicyclic) bond motifs is 2. The van der Waals surface area contributed by atoms with Crippen molar-refractivity contribution in [1.82, 2.24) is 5.32 Å². The van der Waals surface area contributed by atoms with E-state index in [0.29, 0.717) is 13.2 Å². The number of benzene rings is 2. The molecule has 0 saturated heterocycles. The van der Waals surface area contributed by atoms with E-state index in [1.807, 2.05) is 43.4 Å². The van der Waals surface area contributed by atoms with Crippen molar-refractivity contribution in [2.24, 2.45) is 0 Å². The van der Waals surface area contributed by atoms with E-state index in [1.54, 1.807) is 11.3 Å². The van der Waals surface area contributed by atoms with Gasteiger partial charge in [-0.3, -0.25) is 4.79 Å². The summed E-state index contributed by atoms with van der Waals surface area (Å²) < 4.78 is 8.04. The lowest BCUT2D eigenvalue weighted by Gasteiger charge is -2.31. The van der Waals surface area contributed by atoms with Gasteiger partial charge in [0, 0.05) is 25.7 Å². The molecule has 1 heterocycles. The summed E-state index contributed by atoms with van der Waals surface area (Å²) in [5.74, 6) is 0. The third-order valence-electron chi connectivity index (χ3n) is 5.17. The molecule has 0 aliphatic rings. The van der Waals surface area contributed by atoms with Gasteiger partial charge in [-0.05, 0) is 49.7 Å². The Bertz CT molecular complexity index is 926. The van der Waals surface area contributed by atoms with Crippen LogP contribution >= 0.6 is 35.3 Å². The molecule has 1 aromatic heterocycles. The van der Waals surface area contributed by atoms with Crippen molar-refractivity contribution < 1.29 is 4.74 Å². The number of halogens is 1. The van der Waals surface area contributed by atoms with Gasteiger partial charge in [-0.15, -0.1) is 35.3 Å². The van der Waals surface area contributed by atoms with E-state index in [1.165, 1.54) is 0 Å². The van der Waals surface area contributed by atoms with E-state index in [-0.39, 0.29) is 34.9 Å². The van der Waals surface area contributed by atoms with Gasteiger partial charge in [-0.25, -0.2) is 0 Å². The second kappa shape index (κ2) is 9.26. The van der Waals surface area contributed by atoms with Gasteiger partial charge in [0.2, 0.25) is 0 Å². The van der Waals surface area contributed by atoms with Crippen LogP contribution in [0.15, 0.2) is 47.3 Å². The molecule has 1 N–H and O–H groups in total. The van der Waals surface area contributed by atoms with Crippen LogP contribution in [-0.4, -0.2) is 19.2 Å². The molecule has 0 spiro atoms. The Morgan fingerprint density at radius 1 is 1.04 bits per heavy atom. The number of hydrogen-bond acceptors (Lipinski definition) is 4. The van der Waals surface area contributed by atoms with E-state index in [4.69, 9.17) is 4.74 Å². The van der Waals surface area contributed by atoms with E-state index < -0.39 is 0 Å². The summed E-state index contributed by atoms with van der Waals surface area (Å²) in [5, 5.41) is 4.97. The van der Waals surface area contributed by atoms with Gasteiger partial charge in [0.25, 0.3) is 0 Å². The van der Waals surface area contributed by atoms with Crippen LogP contribution in [0, 0.1) is 0 Å². The molecule has 2 aromatic carbocycles. The molecule has 0 amide bonds. The number of nitrogens with one attached hydrogen (secondary N) is 1. The zero-order valence-electron chi connectivity index (χ0n) is 15.5. The van der Waals surface area contributed by atoms with Crippen LogP contribution in [0.5, 0.6) is 0 Å². The van der Waals surface area contributed by atoms with Crippen LogP contribution in [0.25, 0.3) is 20.2 Å². The third-order valence-corrected chi connectivity index (χ3v) is 6.32. The SMILES string of the molecule is CCC(CC)(COCc1ccc2sc3ccccc3c(=O)c2c1)NC.I. The van der Waals surface area contributed by atoms with Crippen LogP contribution < -0.4 is 10.7 Å². The fraction of sp³-hybridized carbons (Fsp3) is 0.381. The van der Waals surface area contributed by atoms with Crippen molar-refractivity contribution in [1.29, 1.82) is 0 Å². The molecule has 3 nitrogen and oxygen atoms in total. The zero-order chi connectivity index (χ0) is 17.9. The van der Waals surface area contributed by atoms with Crippen molar-refractivity contribution in [3.05, 3.63) is 58.3 Å². The molecule has 0 aliphatic carbocycles. The summed E-state index contributed by atoms with van der Waals surface area (Å²) in [5.41, 5.74) is 1.18. The Morgan fingerprint density at radius 3 is 2.42 bits per heavy atom. The monoisotopic (exact) mass is 483 g/mol. The number of likely N-dealkylation sites (N-methyl/N-ethyl adjacent to an activating group) is 1. The minimum absolute atomic E-state index is 0. The first kappa shape index (κ1) is 21.3. The Hall–Kier alpha value is -1.02. The van der Waals surface area contributed by atoms with Crippen molar-refractivity contribution in [3.63, 3.8) is 0 Å². The highest BCUT2D eigenvalue weighted by Crippen LogP contribution is 2.25. The smallest absolute Gasteiger partial charge is 0.195 e. The Morgan fingerprint density at radius 2 is 1.73 bits per heavy atom. The second-order valence-corrected chi connectivity index (χ2v) is 7.57. The minimum atomic E-state index is 0. The molecule has 3 aromatic rings. The maximum Gasteiger partial charge on any atom is 0.195 e. The molecule has 0 radical (unpaired) electrons. The van der Waals surface area contributed by atoms with Crippen molar-refractivity contribution in [2.45, 2.75) is 38.8 Å². The van der Waals surface area contributed by atoms with Gasteiger partial charge < -0.3 is 10.1 Å². The lowest BCUT2D eigenvalue weighted by molar-refractivity contribution is 0.0564. The van der Waals surface area contributed by atoms with Gasteiger partial charge in [-0.2, -0.15) is 0 Å². The summed E-state index contributed by atoms with van der Waals surface area (Å²) >= 11 is 1.66.